The average Bonchev–Trinajstić information content (AvgIpc) is 4.09. The predicted octanol–water partition coefficient (Wildman–Crippen LogP) is 6.75. The van der Waals surface area contributed by atoms with E-state index in [1.54, 1.807) is 18.0 Å². The lowest BCUT2D eigenvalue weighted by Crippen LogP contribution is -2.53. The Morgan fingerprint density at radius 3 is 1.92 bits per heavy atom. The number of aliphatic imine (C=N–C) groups is 1. The van der Waals surface area contributed by atoms with Crippen molar-refractivity contribution in [2.24, 2.45) is 22.7 Å². The molecule has 1 unspecified atom stereocenters. The van der Waals surface area contributed by atoms with Gasteiger partial charge in [-0.3, -0.25) is 14.6 Å². The van der Waals surface area contributed by atoms with E-state index in [2.05, 4.69) is 15.6 Å². The van der Waals surface area contributed by atoms with Gasteiger partial charge in [0.15, 0.2) is 0 Å². The molecule has 5 heterocycles. The van der Waals surface area contributed by atoms with Gasteiger partial charge in [0, 0.05) is 55.4 Å². The maximum Gasteiger partial charge on any atom is 0.407 e. The van der Waals surface area contributed by atoms with Crippen molar-refractivity contribution in [1.82, 2.24) is 30.4 Å². The number of nitrogens with zero attached hydrogens (tertiary/aromatic N) is 4. The summed E-state index contributed by atoms with van der Waals surface area (Å²) in [5.41, 5.74) is 6.03. The van der Waals surface area contributed by atoms with Crippen LogP contribution in [0.1, 0.15) is 85.5 Å². The molecule has 2 aromatic carbocycles. The van der Waals surface area contributed by atoms with Crippen LogP contribution in [-0.4, -0.2) is 108 Å². The summed E-state index contributed by atoms with van der Waals surface area (Å²) in [7, 11) is 2.57. The Kier molecular flexibility index (Phi) is 12.4. The number of alkyl carbamates (subject to hydrolysis) is 2. The number of H-pyrrole nitrogens is 1. The molecule has 4 amide bonds. The molecule has 4 aliphatic rings. The highest BCUT2D eigenvalue weighted by Crippen LogP contribution is 2.43. The number of carbonyl (C=O) groups excluding carboxylic acids is 4. The predicted molar refractivity (Wildman–Crippen MR) is 226 cm³/mol. The Bertz CT molecular complexity index is 2220. The van der Waals surface area contributed by atoms with Crippen LogP contribution in [0.5, 0.6) is 11.5 Å². The molecule has 320 valence electrons. The molecule has 5 atom stereocenters. The maximum atomic E-state index is 13.7. The van der Waals surface area contributed by atoms with Gasteiger partial charge >= 0.3 is 12.2 Å². The van der Waals surface area contributed by atoms with Gasteiger partial charge in [-0.25, -0.2) is 14.6 Å². The van der Waals surface area contributed by atoms with Gasteiger partial charge in [0.25, 0.3) is 0 Å². The van der Waals surface area contributed by atoms with Gasteiger partial charge in [-0.15, -0.1) is 0 Å². The summed E-state index contributed by atoms with van der Waals surface area (Å²) in [4.78, 5) is 68.2. The molecule has 0 spiro atoms. The fourth-order valence-electron chi connectivity index (χ4n) is 8.47. The summed E-state index contributed by atoms with van der Waals surface area (Å²) in [5.74, 6) is 0.231. The summed E-state index contributed by atoms with van der Waals surface area (Å²) in [5, 5.41) is 5.41. The molecule has 60 heavy (non-hydrogen) atoms. The first-order chi connectivity index (χ1) is 29.2. The van der Waals surface area contributed by atoms with Gasteiger partial charge in [-0.05, 0) is 72.9 Å². The van der Waals surface area contributed by atoms with Gasteiger partial charge in [0.1, 0.15) is 29.4 Å². The molecule has 1 aromatic heterocycles. The quantitative estimate of drug-likeness (QED) is 0.200. The Balaban J connectivity index is 1.10. The van der Waals surface area contributed by atoms with Gasteiger partial charge in [0.2, 0.25) is 11.8 Å². The number of carbonyl (C=O) groups is 4. The van der Waals surface area contributed by atoms with Crippen molar-refractivity contribution in [3.63, 3.8) is 0 Å². The lowest BCUT2D eigenvalue weighted by atomic mass is 9.94. The zero-order valence-electron chi connectivity index (χ0n) is 36.5. The molecule has 15 nitrogen and oxygen atoms in total. The number of aromatic amines is 1. The SMILES string of the molecule is [2H]C1(C)COc2cc(C3=CN=C([C@@H]4CCCN4C(=O)[C@H](NC(=O)OC)C(C)C)C3)ccc2-c2ccc(-c3cnc([C@@H]4CCCN4C(=O)[C@H](NC(=O)OC)C(C)C)[nH]3)cc2OC1. The molecule has 15 heteroatoms. The van der Waals surface area contributed by atoms with E-state index in [0.29, 0.717) is 36.8 Å². The highest BCUT2D eigenvalue weighted by molar-refractivity contribution is 6.04. The van der Waals surface area contributed by atoms with E-state index in [0.717, 1.165) is 64.9 Å². The number of ether oxygens (including phenoxy) is 4. The van der Waals surface area contributed by atoms with E-state index in [4.69, 9.17) is 30.3 Å². The van der Waals surface area contributed by atoms with Crippen molar-refractivity contribution in [3.05, 3.63) is 60.2 Å². The van der Waals surface area contributed by atoms with Gasteiger partial charge in [0.05, 0.1) is 51.4 Å². The van der Waals surface area contributed by atoms with E-state index in [-0.39, 0.29) is 48.9 Å². The van der Waals surface area contributed by atoms with Crippen molar-refractivity contribution in [2.45, 2.75) is 90.9 Å². The molecule has 0 bridgehead atoms. The van der Waals surface area contributed by atoms with Crippen LogP contribution >= 0.6 is 0 Å². The number of amides is 4. The molecular weight excluding hydrogens is 767 g/mol. The van der Waals surface area contributed by atoms with E-state index in [1.807, 2.05) is 75.2 Å². The molecule has 2 fully saturated rings. The van der Waals surface area contributed by atoms with Crippen molar-refractivity contribution in [1.29, 1.82) is 0 Å². The van der Waals surface area contributed by atoms with Crippen LogP contribution in [0.15, 0.2) is 53.8 Å². The fourth-order valence-corrected chi connectivity index (χ4v) is 8.47. The standard InChI is InChI=1S/C45H57N7O8/c1-25(2)39(49-44(55)57-6)42(53)51-16-8-10-35(51)33-18-30(21-46-33)28-12-14-31-32-15-13-29(20-38(32)60-24-27(5)23-59-37(31)19-28)34-22-47-41(48-34)36-11-9-17-52(36)43(54)40(26(3)4)50-45(56)58-7/h12-15,19-22,25-27,35-36,39-40H,8-11,16-18,23-24H2,1-7H3,(H,47,48)(H,49,55)(H,50,56)/t27?,35-,36-,39+,40+/m0/s1/i27D. The first-order valence-electron chi connectivity index (χ1n) is 21.3. The number of allylic oxidation sites excluding steroid dienone is 1. The minimum atomic E-state index is -1.06. The minimum absolute atomic E-state index is 0.0973. The number of methoxy groups -OCH3 is 2. The number of fused-ring (bicyclic) bond motifs is 3. The number of nitrogens with one attached hydrogen (secondary N) is 3. The molecule has 4 aliphatic heterocycles. The van der Waals surface area contributed by atoms with Gasteiger partial charge in [-0.2, -0.15) is 0 Å². The third-order valence-corrected chi connectivity index (χ3v) is 11.8. The lowest BCUT2D eigenvalue weighted by molar-refractivity contribution is -0.135. The molecule has 3 aromatic rings. The molecule has 7 rings (SSSR count). The second-order valence-electron chi connectivity index (χ2n) is 16.7. The monoisotopic (exact) mass is 824 g/mol. The number of aromatic nitrogens is 2. The molecule has 2 saturated heterocycles. The van der Waals surface area contributed by atoms with Crippen LogP contribution in [0.4, 0.5) is 9.59 Å². The Labute approximate surface area is 352 Å². The van der Waals surface area contributed by atoms with Crippen LogP contribution in [-0.2, 0) is 19.1 Å². The Hall–Kier alpha value is -5.86. The fraction of sp³-hybridized carbons (Fsp3) is 0.511. The largest absolute Gasteiger partial charge is 0.493 e. The average molecular weight is 825 g/mol. The second kappa shape index (κ2) is 18.2. The van der Waals surface area contributed by atoms with Gasteiger partial charge in [-0.1, -0.05) is 46.8 Å². The third-order valence-electron chi connectivity index (χ3n) is 11.8. The van der Waals surface area contributed by atoms with Crippen LogP contribution in [0.25, 0.3) is 28.0 Å². The zero-order valence-corrected chi connectivity index (χ0v) is 35.5. The van der Waals surface area contributed by atoms with E-state index in [1.165, 1.54) is 14.2 Å². The number of hydrogen-bond acceptors (Lipinski definition) is 10. The smallest absolute Gasteiger partial charge is 0.407 e. The van der Waals surface area contributed by atoms with Crippen molar-refractivity contribution in [3.8, 4) is 33.9 Å². The number of hydrogen-bond donors (Lipinski definition) is 3. The second-order valence-corrected chi connectivity index (χ2v) is 16.7. The number of likely N-dealkylation sites (tertiary alicyclic amines) is 2. The minimum Gasteiger partial charge on any atom is -0.493 e. The summed E-state index contributed by atoms with van der Waals surface area (Å²) in [6, 6.07) is 10.1. The van der Waals surface area contributed by atoms with E-state index >= 15 is 0 Å². The van der Waals surface area contributed by atoms with E-state index in [9.17, 15) is 19.2 Å². The van der Waals surface area contributed by atoms with Crippen LogP contribution in [0.3, 0.4) is 0 Å². The summed E-state index contributed by atoms with van der Waals surface area (Å²) in [6.07, 6.45) is 6.06. The van der Waals surface area contributed by atoms with Crippen LogP contribution < -0.4 is 20.1 Å². The lowest BCUT2D eigenvalue weighted by Gasteiger charge is -2.31. The highest BCUT2D eigenvalue weighted by atomic mass is 16.5. The summed E-state index contributed by atoms with van der Waals surface area (Å²) in [6.45, 7) is 10.7. The Morgan fingerprint density at radius 1 is 0.817 bits per heavy atom. The van der Waals surface area contributed by atoms with Crippen LogP contribution in [0, 0.1) is 17.7 Å². The number of benzene rings is 2. The van der Waals surface area contributed by atoms with E-state index < -0.39 is 30.2 Å². The Morgan fingerprint density at radius 2 is 1.35 bits per heavy atom. The first kappa shape index (κ1) is 40.9. The molecule has 0 saturated carbocycles. The first-order valence-corrected chi connectivity index (χ1v) is 20.8. The zero-order chi connectivity index (χ0) is 43.6. The molecular formula is C45H57N7O8. The maximum absolute atomic E-state index is 13.7. The summed E-state index contributed by atoms with van der Waals surface area (Å²) >= 11 is 0. The normalized spacial score (nSPS) is 22.4. The molecule has 3 N–H and O–H groups in total. The molecule has 0 aliphatic carbocycles. The third kappa shape index (κ3) is 8.85. The topological polar surface area (TPSA) is 177 Å². The van der Waals surface area contributed by atoms with Gasteiger partial charge < -0.3 is 44.4 Å². The summed E-state index contributed by atoms with van der Waals surface area (Å²) < 4.78 is 31.4. The van der Waals surface area contributed by atoms with Crippen molar-refractivity contribution >= 4 is 35.3 Å². The van der Waals surface area contributed by atoms with Crippen molar-refractivity contribution in [2.75, 3.05) is 40.5 Å². The highest BCUT2D eigenvalue weighted by Gasteiger charge is 2.40. The number of imidazole rings is 1. The molecule has 0 radical (unpaired) electrons. The van der Waals surface area contributed by atoms with Crippen molar-refractivity contribution < 1.29 is 39.5 Å². The van der Waals surface area contributed by atoms with Crippen LogP contribution in [0.2, 0.25) is 0 Å². The number of rotatable bonds is 10.